The third-order valence-corrected chi connectivity index (χ3v) is 4.36. The number of carbonyl (C=O) groups is 1. The number of nitrogens with zero attached hydrogens (tertiary/aromatic N) is 3. The van der Waals surface area contributed by atoms with E-state index in [-0.39, 0.29) is 16.8 Å². The quantitative estimate of drug-likeness (QED) is 0.547. The first-order valence-electron chi connectivity index (χ1n) is 7.99. The maximum atomic E-state index is 12.5. The number of non-ortho nitro benzene ring substituents is 1. The highest BCUT2D eigenvalue weighted by molar-refractivity contribution is 6.31. The van der Waals surface area contributed by atoms with Crippen molar-refractivity contribution in [3.8, 4) is 0 Å². The fraction of sp³-hybridized carbons (Fsp3) is 0.167. The lowest BCUT2D eigenvalue weighted by molar-refractivity contribution is -0.384. The van der Waals surface area contributed by atoms with Crippen LogP contribution in [-0.4, -0.2) is 20.4 Å². The van der Waals surface area contributed by atoms with Crippen LogP contribution in [0, 0.1) is 10.1 Å². The molecule has 1 N–H and O–H groups in total. The topological polar surface area (TPSA) is 107 Å². The van der Waals surface area contributed by atoms with Crippen LogP contribution in [0.3, 0.4) is 0 Å². The van der Waals surface area contributed by atoms with Crippen molar-refractivity contribution in [3.63, 3.8) is 0 Å². The number of aromatic nitrogens is 2. The second-order valence-corrected chi connectivity index (χ2v) is 6.43. The molecule has 0 aliphatic rings. The van der Waals surface area contributed by atoms with Gasteiger partial charge in [0.25, 0.3) is 17.2 Å². The van der Waals surface area contributed by atoms with Crippen molar-refractivity contribution in [2.75, 3.05) is 0 Å². The number of carbonyl (C=O) groups excluding carboxylic acids is 1. The molecule has 3 rings (SSSR count). The van der Waals surface area contributed by atoms with Crippen LogP contribution in [0.1, 0.15) is 29.1 Å². The number of rotatable bonds is 4. The van der Waals surface area contributed by atoms with E-state index >= 15 is 0 Å². The highest BCUT2D eigenvalue weighted by Crippen LogP contribution is 2.18. The largest absolute Gasteiger partial charge is 0.342 e. The summed E-state index contributed by atoms with van der Waals surface area (Å²) in [7, 11) is 1.56. The Morgan fingerprint density at radius 2 is 2.04 bits per heavy atom. The molecule has 0 radical (unpaired) electrons. The molecule has 27 heavy (non-hydrogen) atoms. The lowest BCUT2D eigenvalue weighted by Gasteiger charge is -2.17. The molecule has 0 aliphatic carbocycles. The summed E-state index contributed by atoms with van der Waals surface area (Å²) in [6, 6.07) is 9.58. The van der Waals surface area contributed by atoms with Crippen LogP contribution >= 0.6 is 11.6 Å². The second-order valence-electron chi connectivity index (χ2n) is 6.00. The van der Waals surface area contributed by atoms with E-state index in [1.165, 1.54) is 28.8 Å². The molecule has 2 aromatic carbocycles. The fourth-order valence-electron chi connectivity index (χ4n) is 2.75. The molecule has 0 saturated carbocycles. The Morgan fingerprint density at radius 1 is 1.30 bits per heavy atom. The van der Waals surface area contributed by atoms with Gasteiger partial charge in [-0.2, -0.15) is 0 Å². The first-order chi connectivity index (χ1) is 12.8. The average Bonchev–Trinajstić information content (AvgIpc) is 2.64. The maximum absolute atomic E-state index is 12.5. The number of fused-ring (bicyclic) bond motifs is 1. The van der Waals surface area contributed by atoms with Crippen LogP contribution in [-0.2, 0) is 7.05 Å². The Kier molecular flexibility index (Phi) is 4.91. The molecular weight excluding hydrogens is 372 g/mol. The number of halogens is 1. The van der Waals surface area contributed by atoms with Crippen molar-refractivity contribution in [2.24, 2.45) is 7.05 Å². The van der Waals surface area contributed by atoms with Crippen LogP contribution < -0.4 is 10.9 Å². The van der Waals surface area contributed by atoms with E-state index in [0.29, 0.717) is 21.7 Å². The molecule has 0 aliphatic heterocycles. The third-order valence-electron chi connectivity index (χ3n) is 4.13. The predicted octanol–water partition coefficient (Wildman–Crippen LogP) is 2.99. The van der Waals surface area contributed by atoms with Gasteiger partial charge in [0.2, 0.25) is 0 Å². The van der Waals surface area contributed by atoms with E-state index in [0.717, 1.165) is 0 Å². The minimum absolute atomic E-state index is 0.143. The molecule has 1 amide bonds. The molecule has 3 aromatic rings. The van der Waals surface area contributed by atoms with Gasteiger partial charge in [-0.1, -0.05) is 17.7 Å². The van der Waals surface area contributed by atoms with Crippen LogP contribution in [0.4, 0.5) is 5.69 Å². The highest BCUT2D eigenvalue weighted by Gasteiger charge is 2.18. The molecule has 9 heteroatoms. The van der Waals surface area contributed by atoms with Gasteiger partial charge in [0, 0.05) is 29.8 Å². The lowest BCUT2D eigenvalue weighted by Crippen LogP contribution is -2.32. The Labute approximate surface area is 158 Å². The monoisotopic (exact) mass is 386 g/mol. The minimum Gasteiger partial charge on any atom is -0.342 e. The zero-order valence-corrected chi connectivity index (χ0v) is 15.2. The number of nitrogens with one attached hydrogen (secondary N) is 1. The lowest BCUT2D eigenvalue weighted by atomic mass is 10.1. The first-order valence-corrected chi connectivity index (χ1v) is 8.37. The number of nitro benzene ring substituents is 1. The number of nitro groups is 1. The van der Waals surface area contributed by atoms with Gasteiger partial charge in [0.05, 0.1) is 21.9 Å². The van der Waals surface area contributed by atoms with E-state index in [1.54, 1.807) is 32.2 Å². The summed E-state index contributed by atoms with van der Waals surface area (Å²) in [5.41, 5.74) is 0.131. The average molecular weight is 387 g/mol. The Hall–Kier alpha value is -3.26. The smallest absolute Gasteiger partial charge is 0.270 e. The summed E-state index contributed by atoms with van der Waals surface area (Å²) >= 11 is 5.97. The van der Waals surface area contributed by atoms with E-state index in [1.807, 2.05) is 0 Å². The zero-order valence-electron chi connectivity index (χ0n) is 14.5. The molecule has 0 saturated heterocycles. The van der Waals surface area contributed by atoms with Crippen molar-refractivity contribution in [1.29, 1.82) is 0 Å². The maximum Gasteiger partial charge on any atom is 0.270 e. The number of amides is 1. The van der Waals surface area contributed by atoms with Crippen LogP contribution in [0.2, 0.25) is 5.02 Å². The molecule has 0 bridgehead atoms. The van der Waals surface area contributed by atoms with E-state index in [9.17, 15) is 19.7 Å². The molecule has 0 fully saturated rings. The first kappa shape index (κ1) is 18.5. The van der Waals surface area contributed by atoms with Gasteiger partial charge >= 0.3 is 0 Å². The summed E-state index contributed by atoms with van der Waals surface area (Å²) in [4.78, 5) is 39.7. The van der Waals surface area contributed by atoms with Crippen molar-refractivity contribution in [1.82, 2.24) is 14.9 Å². The Balaban J connectivity index is 1.94. The summed E-state index contributed by atoms with van der Waals surface area (Å²) < 4.78 is 1.36. The van der Waals surface area contributed by atoms with E-state index in [2.05, 4.69) is 10.3 Å². The van der Waals surface area contributed by atoms with Crippen LogP contribution in [0.25, 0.3) is 10.9 Å². The molecular formula is C18H15ClN4O4. The van der Waals surface area contributed by atoms with Gasteiger partial charge < -0.3 is 5.32 Å². The van der Waals surface area contributed by atoms with Crippen LogP contribution in [0.5, 0.6) is 0 Å². The molecule has 1 atom stereocenters. The number of hydrogen-bond acceptors (Lipinski definition) is 5. The van der Waals surface area contributed by atoms with Gasteiger partial charge in [-0.05, 0) is 31.2 Å². The van der Waals surface area contributed by atoms with Crippen LogP contribution in [0.15, 0.2) is 47.3 Å². The molecule has 1 heterocycles. The molecule has 1 unspecified atom stereocenters. The van der Waals surface area contributed by atoms with Gasteiger partial charge in [-0.25, -0.2) is 4.98 Å². The van der Waals surface area contributed by atoms with Crippen molar-refractivity contribution < 1.29 is 9.72 Å². The SMILES string of the molecule is CC(NC(=O)c1cccc([N+](=O)[O-])c1)c1nc2cc(Cl)ccc2c(=O)n1C. The molecule has 8 nitrogen and oxygen atoms in total. The standard InChI is InChI=1S/C18H15ClN4O4/c1-10(20-17(24)11-4-3-5-13(8-11)23(26)27)16-21-15-9-12(19)6-7-14(15)18(25)22(16)2/h3-10H,1-2H3,(H,20,24). The van der Waals surface area contributed by atoms with Crippen molar-refractivity contribution in [3.05, 3.63) is 79.3 Å². The molecule has 1 aromatic heterocycles. The fourth-order valence-corrected chi connectivity index (χ4v) is 2.92. The van der Waals surface area contributed by atoms with Gasteiger partial charge in [-0.15, -0.1) is 0 Å². The van der Waals surface area contributed by atoms with Gasteiger partial charge in [-0.3, -0.25) is 24.3 Å². The highest BCUT2D eigenvalue weighted by atomic mass is 35.5. The normalized spacial score (nSPS) is 12.0. The molecule has 138 valence electrons. The van der Waals surface area contributed by atoms with E-state index in [4.69, 9.17) is 11.6 Å². The minimum atomic E-state index is -0.613. The summed E-state index contributed by atoms with van der Waals surface area (Å²) in [5.74, 6) is -0.166. The second kappa shape index (κ2) is 7.16. The van der Waals surface area contributed by atoms with E-state index < -0.39 is 16.9 Å². The Morgan fingerprint density at radius 3 is 2.74 bits per heavy atom. The predicted molar refractivity (Wildman–Crippen MR) is 101 cm³/mol. The third kappa shape index (κ3) is 3.65. The summed E-state index contributed by atoms with van der Waals surface area (Å²) in [6.45, 7) is 1.67. The zero-order chi connectivity index (χ0) is 19.7. The summed E-state index contributed by atoms with van der Waals surface area (Å²) in [5, 5.41) is 14.4. The van der Waals surface area contributed by atoms with Crippen molar-refractivity contribution >= 4 is 34.1 Å². The van der Waals surface area contributed by atoms with Gasteiger partial charge in [0.15, 0.2) is 0 Å². The van der Waals surface area contributed by atoms with Gasteiger partial charge in [0.1, 0.15) is 5.82 Å². The number of benzene rings is 2. The summed E-state index contributed by atoms with van der Waals surface area (Å²) in [6.07, 6.45) is 0. The molecule has 0 spiro atoms. The van der Waals surface area contributed by atoms with Crippen molar-refractivity contribution in [2.45, 2.75) is 13.0 Å². The Bertz CT molecular complexity index is 1130. The number of hydrogen-bond donors (Lipinski definition) is 1.